The van der Waals surface area contributed by atoms with E-state index in [9.17, 15) is 9.59 Å². The number of amides is 1. The molecule has 2 rings (SSSR count). The number of hydrogen-bond acceptors (Lipinski definition) is 4. The van der Waals surface area contributed by atoms with E-state index >= 15 is 0 Å². The fraction of sp³-hybridized carbons (Fsp3) is 0.176. The Morgan fingerprint density at radius 3 is 2.48 bits per heavy atom. The van der Waals surface area contributed by atoms with Gasteiger partial charge in [-0.25, -0.2) is 4.79 Å². The topological polar surface area (TPSA) is 64.6 Å². The molecule has 5 nitrogen and oxygen atoms in total. The SMILES string of the molecule is CC(OC(=O)COc1ccc(Br)cc1)C(=O)Nc1ccc(Cl)cc1Cl. The Morgan fingerprint density at radius 1 is 1.16 bits per heavy atom. The van der Waals surface area contributed by atoms with Crippen molar-refractivity contribution in [3.05, 3.63) is 57.0 Å². The van der Waals surface area contributed by atoms with Gasteiger partial charge in [0.25, 0.3) is 5.91 Å². The van der Waals surface area contributed by atoms with Crippen LogP contribution in [-0.2, 0) is 14.3 Å². The molecule has 1 amide bonds. The van der Waals surface area contributed by atoms with Crippen molar-refractivity contribution in [3.8, 4) is 5.75 Å². The summed E-state index contributed by atoms with van der Waals surface area (Å²) in [5, 5.41) is 3.31. The van der Waals surface area contributed by atoms with Crippen molar-refractivity contribution >= 4 is 56.7 Å². The number of anilines is 1. The van der Waals surface area contributed by atoms with Crippen LogP contribution in [-0.4, -0.2) is 24.6 Å². The molecule has 0 saturated heterocycles. The summed E-state index contributed by atoms with van der Waals surface area (Å²) >= 11 is 15.1. The van der Waals surface area contributed by atoms with Gasteiger partial charge in [-0.15, -0.1) is 0 Å². The summed E-state index contributed by atoms with van der Waals surface area (Å²) in [5.74, 6) is -0.654. The van der Waals surface area contributed by atoms with Crippen LogP contribution in [0.1, 0.15) is 6.92 Å². The van der Waals surface area contributed by atoms with Crippen LogP contribution >= 0.6 is 39.1 Å². The van der Waals surface area contributed by atoms with E-state index < -0.39 is 18.0 Å². The maximum Gasteiger partial charge on any atom is 0.344 e. The van der Waals surface area contributed by atoms with Crippen LogP contribution in [0.4, 0.5) is 5.69 Å². The standard InChI is InChI=1S/C17H14BrCl2NO4/c1-10(17(23)21-15-7-4-12(19)8-14(15)20)25-16(22)9-24-13-5-2-11(18)3-6-13/h2-8,10H,9H2,1H3,(H,21,23). The Hall–Kier alpha value is -1.76. The largest absolute Gasteiger partial charge is 0.482 e. The minimum atomic E-state index is -1.01. The number of benzene rings is 2. The average molecular weight is 447 g/mol. The van der Waals surface area contributed by atoms with Gasteiger partial charge in [0.2, 0.25) is 0 Å². The van der Waals surface area contributed by atoms with Crippen molar-refractivity contribution in [2.45, 2.75) is 13.0 Å². The van der Waals surface area contributed by atoms with Gasteiger partial charge in [0.15, 0.2) is 12.7 Å². The molecule has 0 aliphatic carbocycles. The predicted octanol–water partition coefficient (Wildman–Crippen LogP) is 4.71. The molecular weight excluding hydrogens is 433 g/mol. The fourth-order valence-electron chi connectivity index (χ4n) is 1.78. The third kappa shape index (κ3) is 6.23. The Kier molecular flexibility index (Phi) is 7.11. The third-order valence-corrected chi connectivity index (χ3v) is 4.11. The molecule has 0 aromatic heterocycles. The zero-order chi connectivity index (χ0) is 18.4. The van der Waals surface area contributed by atoms with E-state index in [-0.39, 0.29) is 11.6 Å². The third-order valence-electron chi connectivity index (χ3n) is 3.04. The van der Waals surface area contributed by atoms with Gasteiger partial charge in [-0.1, -0.05) is 39.1 Å². The molecule has 1 N–H and O–H groups in total. The summed E-state index contributed by atoms with van der Waals surface area (Å²) in [6.45, 7) is 1.15. The quantitative estimate of drug-likeness (QED) is 0.653. The van der Waals surface area contributed by atoms with E-state index in [0.717, 1.165) is 4.47 Å². The van der Waals surface area contributed by atoms with Gasteiger partial charge in [0, 0.05) is 9.50 Å². The van der Waals surface area contributed by atoms with Crippen LogP contribution in [0.3, 0.4) is 0 Å². The van der Waals surface area contributed by atoms with Gasteiger partial charge in [0.05, 0.1) is 10.7 Å². The monoisotopic (exact) mass is 445 g/mol. The minimum Gasteiger partial charge on any atom is -0.482 e. The molecule has 0 aliphatic heterocycles. The molecule has 0 aliphatic rings. The van der Waals surface area contributed by atoms with Gasteiger partial charge in [-0.05, 0) is 49.4 Å². The number of esters is 1. The Bertz CT molecular complexity index is 768. The first-order valence-corrected chi connectivity index (χ1v) is 8.74. The first-order chi connectivity index (χ1) is 11.8. The molecule has 0 spiro atoms. The maximum absolute atomic E-state index is 12.1. The normalized spacial score (nSPS) is 11.5. The highest BCUT2D eigenvalue weighted by atomic mass is 79.9. The zero-order valence-electron chi connectivity index (χ0n) is 13.1. The number of carbonyl (C=O) groups is 2. The predicted molar refractivity (Wildman–Crippen MR) is 100 cm³/mol. The fourth-order valence-corrected chi connectivity index (χ4v) is 2.50. The van der Waals surface area contributed by atoms with Crippen molar-refractivity contribution in [1.29, 1.82) is 0 Å². The van der Waals surface area contributed by atoms with Crippen LogP contribution in [0.5, 0.6) is 5.75 Å². The summed E-state index contributed by atoms with van der Waals surface area (Å²) in [7, 11) is 0. The van der Waals surface area contributed by atoms with Gasteiger partial charge in [-0.2, -0.15) is 0 Å². The first kappa shape index (κ1) is 19.6. The summed E-state index contributed by atoms with van der Waals surface area (Å²) < 4.78 is 11.2. The van der Waals surface area contributed by atoms with Gasteiger partial charge in [0.1, 0.15) is 5.75 Å². The van der Waals surface area contributed by atoms with Crippen molar-refractivity contribution in [3.63, 3.8) is 0 Å². The smallest absolute Gasteiger partial charge is 0.344 e. The second-order valence-electron chi connectivity index (χ2n) is 4.99. The maximum atomic E-state index is 12.1. The van der Waals surface area contributed by atoms with Crippen molar-refractivity contribution < 1.29 is 19.1 Å². The lowest BCUT2D eigenvalue weighted by Gasteiger charge is -2.14. The van der Waals surface area contributed by atoms with E-state index in [1.165, 1.54) is 13.0 Å². The second kappa shape index (κ2) is 9.08. The molecule has 0 saturated carbocycles. The lowest BCUT2D eigenvalue weighted by molar-refractivity contribution is -0.155. The Morgan fingerprint density at radius 2 is 1.84 bits per heavy atom. The zero-order valence-corrected chi connectivity index (χ0v) is 16.2. The highest BCUT2D eigenvalue weighted by Gasteiger charge is 2.19. The number of rotatable bonds is 6. The van der Waals surface area contributed by atoms with E-state index in [2.05, 4.69) is 21.2 Å². The first-order valence-electron chi connectivity index (χ1n) is 7.19. The summed E-state index contributed by atoms with van der Waals surface area (Å²) in [4.78, 5) is 23.9. The van der Waals surface area contributed by atoms with Gasteiger partial charge < -0.3 is 14.8 Å². The molecule has 2 aromatic carbocycles. The van der Waals surface area contributed by atoms with E-state index in [0.29, 0.717) is 16.5 Å². The van der Waals surface area contributed by atoms with Gasteiger partial charge in [-0.3, -0.25) is 4.79 Å². The molecule has 25 heavy (non-hydrogen) atoms. The van der Waals surface area contributed by atoms with Gasteiger partial charge >= 0.3 is 5.97 Å². The molecule has 0 radical (unpaired) electrons. The van der Waals surface area contributed by atoms with E-state index in [4.69, 9.17) is 32.7 Å². The Balaban J connectivity index is 1.83. The molecule has 8 heteroatoms. The van der Waals surface area contributed by atoms with E-state index in [1.54, 1.807) is 36.4 Å². The number of carbonyl (C=O) groups excluding carboxylic acids is 2. The van der Waals surface area contributed by atoms with Crippen molar-refractivity contribution in [2.24, 2.45) is 0 Å². The summed E-state index contributed by atoms with van der Waals surface area (Å²) in [6, 6.07) is 11.6. The molecule has 1 unspecified atom stereocenters. The molecular formula is C17H14BrCl2NO4. The molecule has 0 bridgehead atoms. The van der Waals surface area contributed by atoms with Crippen LogP contribution in [0.2, 0.25) is 10.0 Å². The summed E-state index contributed by atoms with van der Waals surface area (Å²) in [5.41, 5.74) is 0.380. The number of halogens is 3. The number of hydrogen-bond donors (Lipinski definition) is 1. The number of ether oxygens (including phenoxy) is 2. The summed E-state index contributed by atoms with van der Waals surface area (Å²) in [6.07, 6.45) is -1.01. The van der Waals surface area contributed by atoms with Crippen molar-refractivity contribution in [2.75, 3.05) is 11.9 Å². The molecule has 0 heterocycles. The van der Waals surface area contributed by atoms with Crippen LogP contribution < -0.4 is 10.1 Å². The Labute approximate surface area is 163 Å². The average Bonchev–Trinajstić information content (AvgIpc) is 2.56. The molecule has 0 fully saturated rings. The van der Waals surface area contributed by atoms with Crippen molar-refractivity contribution in [1.82, 2.24) is 0 Å². The highest BCUT2D eigenvalue weighted by Crippen LogP contribution is 2.25. The molecule has 1 atom stereocenters. The molecule has 132 valence electrons. The molecule has 2 aromatic rings. The highest BCUT2D eigenvalue weighted by molar-refractivity contribution is 9.10. The van der Waals surface area contributed by atoms with Crippen LogP contribution in [0.25, 0.3) is 0 Å². The second-order valence-corrected chi connectivity index (χ2v) is 6.75. The van der Waals surface area contributed by atoms with E-state index in [1.807, 2.05) is 0 Å². The lowest BCUT2D eigenvalue weighted by Crippen LogP contribution is -2.31. The van der Waals surface area contributed by atoms with Crippen LogP contribution in [0, 0.1) is 0 Å². The van der Waals surface area contributed by atoms with Crippen LogP contribution in [0.15, 0.2) is 46.9 Å². The number of nitrogens with one attached hydrogen (secondary N) is 1. The minimum absolute atomic E-state index is 0.290. The lowest BCUT2D eigenvalue weighted by atomic mass is 10.3.